The summed E-state index contributed by atoms with van der Waals surface area (Å²) >= 11 is 0. The average Bonchev–Trinajstić information content (AvgIpc) is 2.51. The lowest BCUT2D eigenvalue weighted by atomic mass is 9.81. The Morgan fingerprint density at radius 3 is 2.38 bits per heavy atom. The second kappa shape index (κ2) is 6.24. The maximum Gasteiger partial charge on any atom is 0.225 e. The fraction of sp³-hybridized carbons (Fsp3) is 0.923. The lowest BCUT2D eigenvalue weighted by Gasteiger charge is -2.27. The Kier molecular flexibility index (Phi) is 5.26. The van der Waals surface area contributed by atoms with E-state index in [4.69, 9.17) is 5.11 Å². The van der Waals surface area contributed by atoms with Crippen molar-refractivity contribution in [2.24, 2.45) is 11.3 Å². The molecular formula is C13H25NO2. The summed E-state index contributed by atoms with van der Waals surface area (Å²) in [6.07, 6.45) is 6.86. The highest BCUT2D eigenvalue weighted by atomic mass is 16.3. The fourth-order valence-electron chi connectivity index (χ4n) is 2.28. The molecule has 1 fully saturated rings. The zero-order valence-corrected chi connectivity index (χ0v) is 10.6. The SMILES string of the molecule is CC(CO)CNC(=O)C1(C)CCCCCC1. The number of nitrogens with one attached hydrogen (secondary N) is 1. The summed E-state index contributed by atoms with van der Waals surface area (Å²) in [5, 5.41) is 11.9. The molecule has 16 heavy (non-hydrogen) atoms. The first kappa shape index (κ1) is 13.5. The molecule has 1 atom stereocenters. The van der Waals surface area contributed by atoms with E-state index in [0.717, 1.165) is 12.8 Å². The number of hydrogen-bond acceptors (Lipinski definition) is 2. The van der Waals surface area contributed by atoms with Crippen molar-refractivity contribution >= 4 is 5.91 Å². The molecule has 1 unspecified atom stereocenters. The highest BCUT2D eigenvalue weighted by Gasteiger charge is 2.33. The molecule has 0 spiro atoms. The smallest absolute Gasteiger partial charge is 0.225 e. The molecule has 1 aliphatic rings. The number of aliphatic hydroxyl groups is 1. The second-order valence-corrected chi connectivity index (χ2v) is 5.47. The molecule has 0 aromatic rings. The maximum atomic E-state index is 12.1. The highest BCUT2D eigenvalue weighted by molar-refractivity contribution is 5.82. The molecule has 0 bridgehead atoms. The van der Waals surface area contributed by atoms with Gasteiger partial charge in [0.05, 0.1) is 0 Å². The molecule has 0 heterocycles. The number of aliphatic hydroxyl groups excluding tert-OH is 1. The van der Waals surface area contributed by atoms with Crippen LogP contribution in [0.1, 0.15) is 52.4 Å². The molecular weight excluding hydrogens is 202 g/mol. The fourth-order valence-corrected chi connectivity index (χ4v) is 2.28. The van der Waals surface area contributed by atoms with Gasteiger partial charge < -0.3 is 10.4 Å². The van der Waals surface area contributed by atoms with Crippen molar-refractivity contribution in [2.75, 3.05) is 13.2 Å². The Balaban J connectivity index is 2.43. The molecule has 1 rings (SSSR count). The van der Waals surface area contributed by atoms with Crippen LogP contribution < -0.4 is 5.32 Å². The first-order chi connectivity index (χ1) is 7.58. The molecule has 1 amide bonds. The molecule has 0 radical (unpaired) electrons. The predicted octanol–water partition coefficient (Wildman–Crippen LogP) is 2.09. The first-order valence-corrected chi connectivity index (χ1v) is 6.47. The van der Waals surface area contributed by atoms with Crippen molar-refractivity contribution in [2.45, 2.75) is 52.4 Å². The summed E-state index contributed by atoms with van der Waals surface area (Å²) < 4.78 is 0. The number of rotatable bonds is 4. The molecule has 0 aromatic carbocycles. The van der Waals surface area contributed by atoms with Crippen LogP contribution >= 0.6 is 0 Å². The maximum absolute atomic E-state index is 12.1. The van der Waals surface area contributed by atoms with Crippen LogP contribution in [0.5, 0.6) is 0 Å². The van der Waals surface area contributed by atoms with Gasteiger partial charge in [0.1, 0.15) is 0 Å². The van der Waals surface area contributed by atoms with Crippen LogP contribution in [0.25, 0.3) is 0 Å². The van der Waals surface area contributed by atoms with Crippen molar-refractivity contribution in [3.63, 3.8) is 0 Å². The minimum absolute atomic E-state index is 0.136. The molecule has 3 heteroatoms. The van der Waals surface area contributed by atoms with Gasteiger partial charge in [-0.15, -0.1) is 0 Å². The molecule has 0 saturated heterocycles. The van der Waals surface area contributed by atoms with Crippen molar-refractivity contribution in [3.05, 3.63) is 0 Å². The van der Waals surface area contributed by atoms with Crippen molar-refractivity contribution in [1.82, 2.24) is 5.32 Å². The standard InChI is InChI=1S/C13H25NO2/c1-11(10-15)9-14-12(16)13(2)7-5-3-4-6-8-13/h11,15H,3-10H2,1-2H3,(H,14,16). The highest BCUT2D eigenvalue weighted by Crippen LogP contribution is 2.34. The number of amides is 1. The van der Waals surface area contributed by atoms with Gasteiger partial charge in [-0.1, -0.05) is 39.5 Å². The molecule has 0 aromatic heterocycles. The van der Waals surface area contributed by atoms with Gasteiger partial charge >= 0.3 is 0 Å². The summed E-state index contributed by atoms with van der Waals surface area (Å²) in [6, 6.07) is 0. The van der Waals surface area contributed by atoms with Crippen LogP contribution in [0.3, 0.4) is 0 Å². The third kappa shape index (κ3) is 3.78. The number of hydrogen-bond donors (Lipinski definition) is 2. The summed E-state index contributed by atoms with van der Waals surface area (Å²) in [6.45, 7) is 4.74. The second-order valence-electron chi connectivity index (χ2n) is 5.47. The molecule has 1 saturated carbocycles. The van der Waals surface area contributed by atoms with E-state index in [-0.39, 0.29) is 23.8 Å². The van der Waals surface area contributed by atoms with E-state index in [9.17, 15) is 4.79 Å². The van der Waals surface area contributed by atoms with Crippen LogP contribution in [0, 0.1) is 11.3 Å². The van der Waals surface area contributed by atoms with E-state index in [1.165, 1.54) is 25.7 Å². The summed E-state index contributed by atoms with van der Waals surface area (Å²) in [7, 11) is 0. The minimum atomic E-state index is -0.175. The van der Waals surface area contributed by atoms with Crippen LogP contribution in [0.4, 0.5) is 0 Å². The van der Waals surface area contributed by atoms with Crippen molar-refractivity contribution < 1.29 is 9.90 Å². The third-order valence-electron chi connectivity index (χ3n) is 3.68. The van der Waals surface area contributed by atoms with Crippen LogP contribution in [0.2, 0.25) is 0 Å². The first-order valence-electron chi connectivity index (χ1n) is 6.47. The van der Waals surface area contributed by atoms with Crippen LogP contribution in [-0.2, 0) is 4.79 Å². The van der Waals surface area contributed by atoms with Crippen molar-refractivity contribution in [1.29, 1.82) is 0 Å². The van der Waals surface area contributed by atoms with Gasteiger partial charge in [0.25, 0.3) is 0 Å². The zero-order valence-electron chi connectivity index (χ0n) is 10.6. The summed E-state index contributed by atoms with van der Waals surface area (Å²) in [5.41, 5.74) is -0.175. The number of carbonyl (C=O) groups is 1. The van der Waals surface area contributed by atoms with E-state index in [0.29, 0.717) is 6.54 Å². The Labute approximate surface area is 98.6 Å². The molecule has 1 aliphatic carbocycles. The quantitative estimate of drug-likeness (QED) is 0.723. The van der Waals surface area contributed by atoms with Gasteiger partial charge in [-0.2, -0.15) is 0 Å². The topological polar surface area (TPSA) is 49.3 Å². The zero-order chi connectivity index (χ0) is 12.0. The Morgan fingerprint density at radius 1 is 1.31 bits per heavy atom. The lowest BCUT2D eigenvalue weighted by molar-refractivity contribution is -0.131. The summed E-state index contributed by atoms with van der Waals surface area (Å²) in [4.78, 5) is 12.1. The van der Waals surface area contributed by atoms with E-state index in [1.54, 1.807) is 0 Å². The largest absolute Gasteiger partial charge is 0.396 e. The molecule has 3 nitrogen and oxygen atoms in total. The lowest BCUT2D eigenvalue weighted by Crippen LogP contribution is -2.41. The van der Waals surface area contributed by atoms with Crippen molar-refractivity contribution in [3.8, 4) is 0 Å². The van der Waals surface area contributed by atoms with Gasteiger partial charge in [0.2, 0.25) is 5.91 Å². The van der Waals surface area contributed by atoms with E-state index in [2.05, 4.69) is 12.2 Å². The molecule has 2 N–H and O–H groups in total. The number of carbonyl (C=O) groups excluding carboxylic acids is 1. The Morgan fingerprint density at radius 2 is 1.88 bits per heavy atom. The predicted molar refractivity (Wildman–Crippen MR) is 65.1 cm³/mol. The van der Waals surface area contributed by atoms with Gasteiger partial charge in [0, 0.05) is 18.6 Å². The monoisotopic (exact) mass is 227 g/mol. The molecule has 94 valence electrons. The van der Waals surface area contributed by atoms with E-state index < -0.39 is 0 Å². The van der Waals surface area contributed by atoms with Gasteiger partial charge in [-0.3, -0.25) is 4.79 Å². The Hall–Kier alpha value is -0.570. The Bertz CT molecular complexity index is 220. The third-order valence-corrected chi connectivity index (χ3v) is 3.68. The van der Waals surface area contributed by atoms with Gasteiger partial charge in [-0.05, 0) is 18.8 Å². The minimum Gasteiger partial charge on any atom is -0.396 e. The summed E-state index contributed by atoms with van der Waals surface area (Å²) in [5.74, 6) is 0.327. The van der Waals surface area contributed by atoms with E-state index in [1.807, 2.05) is 6.92 Å². The van der Waals surface area contributed by atoms with Gasteiger partial charge in [0.15, 0.2) is 0 Å². The van der Waals surface area contributed by atoms with Crippen LogP contribution in [0.15, 0.2) is 0 Å². The average molecular weight is 227 g/mol. The normalized spacial score (nSPS) is 22.2. The van der Waals surface area contributed by atoms with Crippen LogP contribution in [-0.4, -0.2) is 24.2 Å². The van der Waals surface area contributed by atoms with Gasteiger partial charge in [-0.25, -0.2) is 0 Å². The molecule has 0 aliphatic heterocycles. The van der Waals surface area contributed by atoms with E-state index >= 15 is 0 Å².